The molecule has 0 aromatic heterocycles. The largest absolute Gasteiger partial charge is 0.339 e. The van der Waals surface area contributed by atoms with Gasteiger partial charge in [-0.2, -0.15) is 0 Å². The summed E-state index contributed by atoms with van der Waals surface area (Å²) in [6.07, 6.45) is 1.76. The van der Waals surface area contributed by atoms with Gasteiger partial charge in [-0.15, -0.1) is 11.6 Å². The first-order valence-electron chi connectivity index (χ1n) is 6.37. The fraction of sp³-hybridized carbons (Fsp3) is 0.500. The molecule has 0 bridgehead atoms. The second-order valence-corrected chi connectivity index (χ2v) is 6.54. The fourth-order valence-corrected chi connectivity index (χ4v) is 3.01. The van der Waals surface area contributed by atoms with E-state index in [0.717, 1.165) is 12.8 Å². The van der Waals surface area contributed by atoms with E-state index < -0.39 is 5.82 Å². The van der Waals surface area contributed by atoms with Gasteiger partial charge in [0.15, 0.2) is 0 Å². The molecule has 1 aromatic carbocycles. The van der Waals surface area contributed by atoms with Gasteiger partial charge < -0.3 is 4.90 Å². The zero-order valence-electron chi connectivity index (χ0n) is 10.7. The number of alkyl halides is 1. The fourth-order valence-electron chi connectivity index (χ4n) is 2.39. The van der Waals surface area contributed by atoms with Crippen molar-refractivity contribution < 1.29 is 9.18 Å². The third-order valence-corrected chi connectivity index (χ3v) is 4.48. The van der Waals surface area contributed by atoms with Crippen LogP contribution in [0.15, 0.2) is 22.7 Å². The molecule has 1 heterocycles. The van der Waals surface area contributed by atoms with Crippen LogP contribution in [0, 0.1) is 11.7 Å². The predicted molar refractivity (Wildman–Crippen MR) is 78.0 cm³/mol. The van der Waals surface area contributed by atoms with E-state index in [1.54, 1.807) is 11.0 Å². The Morgan fingerprint density at radius 1 is 1.47 bits per heavy atom. The highest BCUT2D eigenvalue weighted by Crippen LogP contribution is 2.25. The van der Waals surface area contributed by atoms with Gasteiger partial charge in [0.2, 0.25) is 0 Å². The van der Waals surface area contributed by atoms with Gasteiger partial charge in [-0.25, -0.2) is 4.39 Å². The van der Waals surface area contributed by atoms with E-state index >= 15 is 0 Å². The van der Waals surface area contributed by atoms with Crippen LogP contribution < -0.4 is 0 Å². The van der Waals surface area contributed by atoms with E-state index in [-0.39, 0.29) is 16.8 Å². The lowest BCUT2D eigenvalue weighted by Gasteiger charge is -2.33. The molecule has 5 heteroatoms. The molecule has 1 atom stereocenters. The van der Waals surface area contributed by atoms with Crippen molar-refractivity contribution in [1.82, 2.24) is 4.90 Å². The molecule has 2 nitrogen and oxygen atoms in total. The number of benzene rings is 1. The number of amides is 1. The minimum Gasteiger partial charge on any atom is -0.339 e. The highest BCUT2D eigenvalue weighted by Gasteiger charge is 2.27. The maximum atomic E-state index is 13.7. The van der Waals surface area contributed by atoms with Gasteiger partial charge in [-0.05, 0) is 43.9 Å². The Morgan fingerprint density at radius 3 is 2.68 bits per heavy atom. The van der Waals surface area contributed by atoms with Gasteiger partial charge in [0.1, 0.15) is 5.82 Å². The number of carbonyl (C=O) groups is 1. The maximum Gasteiger partial charge on any atom is 0.256 e. The summed E-state index contributed by atoms with van der Waals surface area (Å²) in [6.45, 7) is 3.27. The van der Waals surface area contributed by atoms with Crippen molar-refractivity contribution in [1.29, 1.82) is 0 Å². The molecule has 1 aliphatic heterocycles. The SMILES string of the molecule is CC(Cl)C1CCN(C(=O)c2cc(Br)ccc2F)CC1. The number of carbonyl (C=O) groups excluding carboxylic acids is 1. The number of nitrogens with zero attached hydrogens (tertiary/aromatic N) is 1. The van der Waals surface area contributed by atoms with Crippen LogP contribution in [0.3, 0.4) is 0 Å². The van der Waals surface area contributed by atoms with Crippen molar-refractivity contribution in [2.24, 2.45) is 5.92 Å². The summed E-state index contributed by atoms with van der Waals surface area (Å²) in [5, 5.41) is 0.125. The third-order valence-electron chi connectivity index (χ3n) is 3.64. The predicted octanol–water partition coefficient (Wildman–Crippen LogP) is 4.07. The van der Waals surface area contributed by atoms with Crippen LogP contribution >= 0.6 is 27.5 Å². The van der Waals surface area contributed by atoms with Crippen LogP contribution in [-0.2, 0) is 0 Å². The van der Waals surface area contributed by atoms with Gasteiger partial charge in [-0.1, -0.05) is 15.9 Å². The number of rotatable bonds is 2. The lowest BCUT2D eigenvalue weighted by molar-refractivity contribution is 0.0685. The quantitative estimate of drug-likeness (QED) is 0.738. The molecule has 2 rings (SSSR count). The van der Waals surface area contributed by atoms with Crippen molar-refractivity contribution in [2.45, 2.75) is 25.1 Å². The number of likely N-dealkylation sites (tertiary alicyclic amines) is 1. The molecule has 0 N–H and O–H groups in total. The Balaban J connectivity index is 2.07. The van der Waals surface area contributed by atoms with Gasteiger partial charge in [-0.3, -0.25) is 4.79 Å². The van der Waals surface area contributed by atoms with Gasteiger partial charge in [0, 0.05) is 22.9 Å². The Bertz CT molecular complexity index is 473. The van der Waals surface area contributed by atoms with Crippen molar-refractivity contribution in [3.63, 3.8) is 0 Å². The molecule has 1 fully saturated rings. The van der Waals surface area contributed by atoms with Crippen LogP contribution in [-0.4, -0.2) is 29.3 Å². The lowest BCUT2D eigenvalue weighted by Crippen LogP contribution is -2.40. The summed E-state index contributed by atoms with van der Waals surface area (Å²) >= 11 is 9.34. The first kappa shape index (κ1) is 14.8. The zero-order chi connectivity index (χ0) is 14.0. The van der Waals surface area contributed by atoms with E-state index in [0.29, 0.717) is 23.5 Å². The molecule has 0 radical (unpaired) electrons. The molecular formula is C14H16BrClFNO. The Kier molecular flexibility index (Phi) is 4.85. The number of piperidine rings is 1. The smallest absolute Gasteiger partial charge is 0.256 e. The van der Waals surface area contributed by atoms with Crippen molar-refractivity contribution in [3.8, 4) is 0 Å². The normalized spacial score (nSPS) is 18.4. The molecule has 104 valence electrons. The standard InChI is InChI=1S/C14H16BrClFNO/c1-9(16)10-4-6-18(7-5-10)14(19)12-8-11(15)2-3-13(12)17/h2-3,8-10H,4-7H2,1H3. The highest BCUT2D eigenvalue weighted by atomic mass is 79.9. The second kappa shape index (κ2) is 6.23. The Labute approximate surface area is 126 Å². The number of hydrogen-bond donors (Lipinski definition) is 0. The molecule has 0 aliphatic carbocycles. The number of hydrogen-bond acceptors (Lipinski definition) is 1. The molecule has 1 aliphatic rings. The summed E-state index contributed by atoms with van der Waals surface area (Å²) in [5.41, 5.74) is 0.131. The zero-order valence-corrected chi connectivity index (χ0v) is 13.0. The van der Waals surface area contributed by atoms with Gasteiger partial charge in [0.25, 0.3) is 5.91 Å². The summed E-state index contributed by atoms with van der Waals surface area (Å²) < 4.78 is 14.4. The van der Waals surface area contributed by atoms with Crippen LogP contribution in [0.5, 0.6) is 0 Å². The summed E-state index contributed by atoms with van der Waals surface area (Å²) in [4.78, 5) is 14.0. The molecule has 1 saturated heterocycles. The topological polar surface area (TPSA) is 20.3 Å². The van der Waals surface area contributed by atoms with Gasteiger partial charge in [0.05, 0.1) is 5.56 Å². The lowest BCUT2D eigenvalue weighted by atomic mass is 9.93. The van der Waals surface area contributed by atoms with Crippen molar-refractivity contribution >= 4 is 33.4 Å². The van der Waals surface area contributed by atoms with Crippen LogP contribution in [0.4, 0.5) is 4.39 Å². The molecule has 1 aromatic rings. The molecule has 1 unspecified atom stereocenters. The minimum atomic E-state index is -0.471. The van der Waals surface area contributed by atoms with Crippen molar-refractivity contribution in [2.75, 3.05) is 13.1 Å². The molecule has 19 heavy (non-hydrogen) atoms. The minimum absolute atomic E-state index is 0.125. The monoisotopic (exact) mass is 347 g/mol. The summed E-state index contributed by atoms with van der Waals surface area (Å²) in [5.74, 6) is -0.265. The summed E-state index contributed by atoms with van der Waals surface area (Å²) in [6, 6.07) is 4.44. The van der Waals surface area contributed by atoms with Gasteiger partial charge >= 0.3 is 0 Å². The van der Waals surface area contributed by atoms with Crippen LogP contribution in [0.25, 0.3) is 0 Å². The van der Waals surface area contributed by atoms with Crippen molar-refractivity contribution in [3.05, 3.63) is 34.1 Å². The maximum absolute atomic E-state index is 13.7. The molecule has 0 saturated carbocycles. The van der Waals surface area contributed by atoms with E-state index in [1.165, 1.54) is 12.1 Å². The Hall–Kier alpha value is -0.610. The first-order valence-corrected chi connectivity index (χ1v) is 7.60. The second-order valence-electron chi connectivity index (χ2n) is 4.93. The van der Waals surface area contributed by atoms with Crippen LogP contribution in [0.2, 0.25) is 0 Å². The molecule has 0 spiro atoms. The first-order chi connectivity index (χ1) is 8.99. The van der Waals surface area contributed by atoms with E-state index in [9.17, 15) is 9.18 Å². The summed E-state index contributed by atoms with van der Waals surface area (Å²) in [7, 11) is 0. The average molecular weight is 349 g/mol. The molecular weight excluding hydrogens is 333 g/mol. The molecule has 1 amide bonds. The van der Waals surface area contributed by atoms with E-state index in [4.69, 9.17) is 11.6 Å². The van der Waals surface area contributed by atoms with Crippen LogP contribution in [0.1, 0.15) is 30.1 Å². The number of halogens is 3. The van der Waals surface area contributed by atoms with E-state index in [1.807, 2.05) is 6.92 Å². The van der Waals surface area contributed by atoms with E-state index in [2.05, 4.69) is 15.9 Å². The average Bonchev–Trinajstić information content (AvgIpc) is 2.41. The highest BCUT2D eigenvalue weighted by molar-refractivity contribution is 9.10. The Morgan fingerprint density at radius 2 is 2.11 bits per heavy atom. The third kappa shape index (κ3) is 3.48.